The summed E-state index contributed by atoms with van der Waals surface area (Å²) < 4.78 is 37.7. The number of piperidine rings is 1. The molecule has 1 atom stereocenters. The molecule has 37 heavy (non-hydrogen) atoms. The molecule has 2 amide bonds. The van der Waals surface area contributed by atoms with Crippen LogP contribution in [0.4, 0.5) is 15.5 Å². The number of aryl methyl sites for hydroxylation is 1. The molecule has 0 unspecified atom stereocenters. The molecule has 1 aromatic heterocycles. The number of rotatable bonds is 7. The van der Waals surface area contributed by atoms with E-state index in [1.165, 1.54) is 47.0 Å². The molecule has 0 bridgehead atoms. The molecule has 0 spiro atoms. The number of nitrogens with one attached hydrogen (secondary N) is 2. The Labute approximate surface area is 220 Å². The molecule has 1 fully saturated rings. The SMILES string of the molecule is CCOC(=O)c1c(NC(=O)[C@H]2CCCN(S(=O)(=O)c3ccc(NC(=O)OC)cc3)C2)sc2c1CCCC2. The zero-order valence-electron chi connectivity index (χ0n) is 20.9. The zero-order chi connectivity index (χ0) is 26.6. The first-order valence-electron chi connectivity index (χ1n) is 12.3. The molecule has 2 aliphatic rings. The van der Waals surface area contributed by atoms with Gasteiger partial charge in [-0.25, -0.2) is 18.0 Å². The minimum Gasteiger partial charge on any atom is -0.462 e. The van der Waals surface area contributed by atoms with Crippen molar-refractivity contribution < 1.29 is 32.3 Å². The van der Waals surface area contributed by atoms with Crippen molar-refractivity contribution in [1.82, 2.24) is 4.31 Å². The van der Waals surface area contributed by atoms with Crippen LogP contribution >= 0.6 is 11.3 Å². The molecule has 12 heteroatoms. The van der Waals surface area contributed by atoms with Crippen molar-refractivity contribution in [2.75, 3.05) is 37.4 Å². The Bertz CT molecular complexity index is 1270. The number of hydrogen-bond acceptors (Lipinski definition) is 8. The number of fused-ring (bicyclic) bond motifs is 1. The first kappa shape index (κ1) is 27.1. The van der Waals surface area contributed by atoms with E-state index in [1.54, 1.807) is 6.92 Å². The number of esters is 1. The highest BCUT2D eigenvalue weighted by molar-refractivity contribution is 7.89. The number of hydrogen-bond donors (Lipinski definition) is 2. The van der Waals surface area contributed by atoms with Crippen LogP contribution in [0.25, 0.3) is 0 Å². The molecule has 2 heterocycles. The minimum absolute atomic E-state index is 0.0379. The Balaban J connectivity index is 1.48. The molecule has 1 saturated heterocycles. The smallest absolute Gasteiger partial charge is 0.411 e. The number of sulfonamides is 1. The van der Waals surface area contributed by atoms with Gasteiger partial charge in [0, 0.05) is 23.7 Å². The van der Waals surface area contributed by atoms with Gasteiger partial charge >= 0.3 is 12.1 Å². The van der Waals surface area contributed by atoms with Gasteiger partial charge in [0.1, 0.15) is 5.00 Å². The van der Waals surface area contributed by atoms with Crippen molar-refractivity contribution in [2.24, 2.45) is 5.92 Å². The topological polar surface area (TPSA) is 131 Å². The summed E-state index contributed by atoms with van der Waals surface area (Å²) in [5, 5.41) is 5.89. The summed E-state index contributed by atoms with van der Waals surface area (Å²) in [7, 11) is -2.61. The van der Waals surface area contributed by atoms with E-state index < -0.39 is 28.0 Å². The minimum atomic E-state index is -3.85. The molecule has 2 aromatic rings. The Morgan fingerprint density at radius 1 is 1.08 bits per heavy atom. The van der Waals surface area contributed by atoms with Gasteiger partial charge in [0.2, 0.25) is 15.9 Å². The lowest BCUT2D eigenvalue weighted by Gasteiger charge is -2.31. The molecule has 2 N–H and O–H groups in total. The average molecular weight is 550 g/mol. The van der Waals surface area contributed by atoms with E-state index in [0.29, 0.717) is 35.6 Å². The highest BCUT2D eigenvalue weighted by atomic mass is 32.2. The second kappa shape index (κ2) is 11.6. The fourth-order valence-corrected chi connectivity index (χ4v) is 7.49. The molecular weight excluding hydrogens is 518 g/mol. The van der Waals surface area contributed by atoms with Crippen LogP contribution in [0, 0.1) is 5.92 Å². The van der Waals surface area contributed by atoms with Gasteiger partial charge in [0.25, 0.3) is 0 Å². The lowest BCUT2D eigenvalue weighted by Crippen LogP contribution is -2.43. The first-order chi connectivity index (χ1) is 17.7. The first-order valence-corrected chi connectivity index (χ1v) is 14.6. The maximum Gasteiger partial charge on any atom is 0.411 e. The zero-order valence-corrected chi connectivity index (χ0v) is 22.5. The van der Waals surface area contributed by atoms with Crippen LogP contribution in [0.3, 0.4) is 0 Å². The van der Waals surface area contributed by atoms with Crippen LogP contribution in [0.15, 0.2) is 29.2 Å². The number of carbonyl (C=O) groups is 3. The van der Waals surface area contributed by atoms with Crippen molar-refractivity contribution in [1.29, 1.82) is 0 Å². The molecule has 1 aromatic carbocycles. The molecular formula is C25H31N3O7S2. The lowest BCUT2D eigenvalue weighted by molar-refractivity contribution is -0.120. The van der Waals surface area contributed by atoms with E-state index in [1.807, 2.05) is 0 Å². The molecule has 10 nitrogen and oxygen atoms in total. The lowest BCUT2D eigenvalue weighted by atomic mass is 9.95. The number of methoxy groups -OCH3 is 1. The van der Waals surface area contributed by atoms with Crippen molar-refractivity contribution in [3.05, 3.63) is 40.3 Å². The van der Waals surface area contributed by atoms with Gasteiger partial charge in [0.15, 0.2) is 0 Å². The Hall–Kier alpha value is -2.96. The summed E-state index contributed by atoms with van der Waals surface area (Å²) in [6, 6.07) is 5.78. The predicted octanol–water partition coefficient (Wildman–Crippen LogP) is 4.02. The Morgan fingerprint density at radius 2 is 1.81 bits per heavy atom. The van der Waals surface area contributed by atoms with Crippen molar-refractivity contribution in [3.8, 4) is 0 Å². The maximum atomic E-state index is 13.3. The summed E-state index contributed by atoms with van der Waals surface area (Å²) in [5.74, 6) is -1.30. The van der Waals surface area contributed by atoms with Crippen LogP contribution < -0.4 is 10.6 Å². The van der Waals surface area contributed by atoms with Crippen LogP contribution in [0.2, 0.25) is 0 Å². The Morgan fingerprint density at radius 3 is 2.51 bits per heavy atom. The molecule has 1 aliphatic carbocycles. The quantitative estimate of drug-likeness (QED) is 0.499. The maximum absolute atomic E-state index is 13.3. The summed E-state index contributed by atoms with van der Waals surface area (Å²) in [5.41, 5.74) is 1.80. The van der Waals surface area contributed by atoms with Crippen LogP contribution in [0.5, 0.6) is 0 Å². The normalized spacial score (nSPS) is 17.9. The van der Waals surface area contributed by atoms with Gasteiger partial charge < -0.3 is 14.8 Å². The molecule has 0 saturated carbocycles. The summed E-state index contributed by atoms with van der Waals surface area (Å²) in [6.45, 7) is 2.33. The highest BCUT2D eigenvalue weighted by Gasteiger charge is 2.35. The van der Waals surface area contributed by atoms with Crippen molar-refractivity contribution >= 4 is 50.0 Å². The summed E-state index contributed by atoms with van der Waals surface area (Å²) >= 11 is 1.42. The molecule has 0 radical (unpaired) electrons. The third kappa shape index (κ3) is 5.97. The fraction of sp³-hybridized carbons (Fsp3) is 0.480. The van der Waals surface area contributed by atoms with Gasteiger partial charge in [-0.3, -0.25) is 10.1 Å². The largest absolute Gasteiger partial charge is 0.462 e. The predicted molar refractivity (Wildman–Crippen MR) is 139 cm³/mol. The van der Waals surface area contributed by atoms with E-state index in [9.17, 15) is 22.8 Å². The molecule has 4 rings (SSSR count). The van der Waals surface area contributed by atoms with E-state index in [2.05, 4.69) is 15.4 Å². The standard InChI is InChI=1S/C25H31N3O7S2/c1-3-35-24(30)21-19-8-4-5-9-20(19)36-23(21)27-22(29)16-7-6-14-28(15-16)37(32,33)18-12-10-17(11-13-18)26-25(31)34-2/h10-13,16H,3-9,14-15H2,1-2H3,(H,26,31)(H,27,29)/t16-/m0/s1. The van der Waals surface area contributed by atoms with Gasteiger partial charge in [0.05, 0.1) is 30.1 Å². The van der Waals surface area contributed by atoms with Crippen molar-refractivity contribution in [2.45, 2.75) is 50.3 Å². The number of benzene rings is 1. The van der Waals surface area contributed by atoms with Crippen molar-refractivity contribution in [3.63, 3.8) is 0 Å². The average Bonchev–Trinajstić information content (AvgIpc) is 3.27. The van der Waals surface area contributed by atoms with Crippen LogP contribution in [-0.2, 0) is 37.1 Å². The van der Waals surface area contributed by atoms with E-state index in [-0.39, 0.29) is 24.0 Å². The third-order valence-corrected chi connectivity index (χ3v) is 9.65. The van der Waals surface area contributed by atoms with E-state index in [4.69, 9.17) is 4.74 Å². The number of thiophene rings is 1. The van der Waals surface area contributed by atoms with Gasteiger partial charge in [-0.1, -0.05) is 0 Å². The third-order valence-electron chi connectivity index (χ3n) is 6.57. The van der Waals surface area contributed by atoms with Gasteiger partial charge in [-0.05, 0) is 75.3 Å². The summed E-state index contributed by atoms with van der Waals surface area (Å²) in [4.78, 5) is 38.5. The highest BCUT2D eigenvalue weighted by Crippen LogP contribution is 2.39. The van der Waals surface area contributed by atoms with Gasteiger partial charge in [-0.2, -0.15) is 4.31 Å². The fourth-order valence-electron chi connectivity index (χ4n) is 4.69. The monoisotopic (exact) mass is 549 g/mol. The number of amides is 2. The number of ether oxygens (including phenoxy) is 2. The molecule has 1 aliphatic heterocycles. The van der Waals surface area contributed by atoms with Crippen LogP contribution in [0.1, 0.15) is 53.4 Å². The molecule has 200 valence electrons. The number of anilines is 2. The Kier molecular flexibility index (Phi) is 8.50. The van der Waals surface area contributed by atoms with Crippen LogP contribution in [-0.4, -0.2) is 57.5 Å². The van der Waals surface area contributed by atoms with Gasteiger partial charge in [-0.15, -0.1) is 11.3 Å². The second-order valence-corrected chi connectivity index (χ2v) is 12.0. The number of carbonyl (C=O) groups excluding carboxylic acids is 3. The van der Waals surface area contributed by atoms with E-state index >= 15 is 0 Å². The summed E-state index contributed by atoms with van der Waals surface area (Å²) in [6.07, 6.45) is 4.09. The number of nitrogens with zero attached hydrogens (tertiary/aromatic N) is 1. The van der Waals surface area contributed by atoms with E-state index in [0.717, 1.165) is 36.1 Å². The second-order valence-electron chi connectivity index (χ2n) is 8.97.